The minimum Gasteiger partial charge on any atom is -0.463 e. The molecule has 2 N–H and O–H groups in total. The van der Waals surface area contributed by atoms with Crippen LogP contribution in [0.3, 0.4) is 0 Å². The van der Waals surface area contributed by atoms with Gasteiger partial charge in [0.05, 0.1) is 22.1 Å². The number of imidazole rings is 1. The number of benzene rings is 2. The molecule has 0 unspecified atom stereocenters. The highest BCUT2D eigenvalue weighted by Crippen LogP contribution is 2.23. The Morgan fingerprint density at radius 3 is 2.42 bits per heavy atom. The normalized spacial score (nSPS) is 12.4. The number of nitrogens with zero attached hydrogens (tertiary/aromatic N) is 3. The van der Waals surface area contributed by atoms with Gasteiger partial charge in [0.15, 0.2) is 0 Å². The standard InChI is InChI=1S/C31H37N5O6S/c1-21(2)16-25(20-41-29(37)18-33-31(38)42-19-24-8-6-5-7-9-24)36(4)43(39,40)26-12-10-23(11-13-26)17-28-30-27(14-15-32-28)34-22(3)35-30/h5-15,21,25H,16-20H2,1-4H3,(H,33,38)(H,34,35)/t25-/m0/s1. The van der Waals surface area contributed by atoms with E-state index in [0.717, 1.165) is 33.7 Å². The van der Waals surface area contributed by atoms with Crippen LogP contribution < -0.4 is 5.32 Å². The van der Waals surface area contributed by atoms with Gasteiger partial charge in [0.1, 0.15) is 31.1 Å². The molecule has 0 bridgehead atoms. The van der Waals surface area contributed by atoms with Crippen molar-refractivity contribution >= 4 is 33.1 Å². The number of ether oxygens (including phenoxy) is 2. The predicted molar refractivity (Wildman–Crippen MR) is 162 cm³/mol. The second-order valence-corrected chi connectivity index (χ2v) is 12.7. The molecule has 2 aromatic carbocycles. The van der Waals surface area contributed by atoms with E-state index in [0.29, 0.717) is 12.8 Å². The Labute approximate surface area is 251 Å². The molecular formula is C31H37N5O6S. The second-order valence-electron chi connectivity index (χ2n) is 10.7. The summed E-state index contributed by atoms with van der Waals surface area (Å²) in [5.41, 5.74) is 4.20. The lowest BCUT2D eigenvalue weighted by atomic mass is 10.0. The van der Waals surface area contributed by atoms with Gasteiger partial charge in [0.2, 0.25) is 10.0 Å². The summed E-state index contributed by atoms with van der Waals surface area (Å²) in [6.45, 7) is 5.31. The van der Waals surface area contributed by atoms with E-state index in [9.17, 15) is 18.0 Å². The van der Waals surface area contributed by atoms with E-state index >= 15 is 0 Å². The van der Waals surface area contributed by atoms with Crippen molar-refractivity contribution in [1.82, 2.24) is 24.6 Å². The third kappa shape index (κ3) is 8.62. The molecule has 2 heterocycles. The van der Waals surface area contributed by atoms with Gasteiger partial charge in [-0.1, -0.05) is 56.3 Å². The van der Waals surface area contributed by atoms with Crippen molar-refractivity contribution in [3.63, 3.8) is 0 Å². The van der Waals surface area contributed by atoms with Crippen LogP contribution in [0.1, 0.15) is 42.9 Å². The molecule has 4 aromatic rings. The van der Waals surface area contributed by atoms with E-state index in [4.69, 9.17) is 9.47 Å². The van der Waals surface area contributed by atoms with Crippen molar-refractivity contribution in [2.45, 2.75) is 51.2 Å². The number of rotatable bonds is 13. The Morgan fingerprint density at radius 2 is 1.72 bits per heavy atom. The number of pyridine rings is 1. The quantitative estimate of drug-likeness (QED) is 0.213. The molecule has 0 radical (unpaired) electrons. The number of fused-ring (bicyclic) bond motifs is 1. The average Bonchev–Trinajstić information content (AvgIpc) is 3.38. The molecule has 0 spiro atoms. The molecule has 12 heteroatoms. The molecule has 0 aliphatic carbocycles. The lowest BCUT2D eigenvalue weighted by Gasteiger charge is -2.28. The fourth-order valence-corrected chi connectivity index (χ4v) is 5.95. The number of likely N-dealkylation sites (N-methyl/N-ethyl adjacent to an activating group) is 1. The first-order chi connectivity index (χ1) is 20.5. The summed E-state index contributed by atoms with van der Waals surface area (Å²) in [7, 11) is -2.41. The van der Waals surface area contributed by atoms with Crippen LogP contribution in [0, 0.1) is 12.8 Å². The van der Waals surface area contributed by atoms with Gasteiger partial charge in [-0.25, -0.2) is 18.2 Å². The smallest absolute Gasteiger partial charge is 0.407 e. The van der Waals surface area contributed by atoms with Crippen molar-refractivity contribution in [3.8, 4) is 0 Å². The number of hydrogen-bond acceptors (Lipinski definition) is 8. The molecule has 11 nitrogen and oxygen atoms in total. The van der Waals surface area contributed by atoms with Crippen molar-refractivity contribution in [3.05, 3.63) is 89.5 Å². The summed E-state index contributed by atoms with van der Waals surface area (Å²) in [6, 6.07) is 17.1. The summed E-state index contributed by atoms with van der Waals surface area (Å²) >= 11 is 0. The zero-order valence-corrected chi connectivity index (χ0v) is 25.6. The minimum atomic E-state index is -3.89. The highest BCUT2D eigenvalue weighted by molar-refractivity contribution is 7.89. The fourth-order valence-electron chi connectivity index (χ4n) is 4.60. The SMILES string of the molecule is Cc1nc2c(Cc3ccc(S(=O)(=O)N(C)[C@H](COC(=O)CNC(=O)OCc4ccccc4)CC(C)C)cc3)nccc2[nH]1. The Bertz CT molecular complexity index is 1640. The molecule has 1 atom stereocenters. The zero-order valence-electron chi connectivity index (χ0n) is 24.7. The number of aromatic amines is 1. The highest BCUT2D eigenvalue weighted by Gasteiger charge is 2.30. The maximum atomic E-state index is 13.5. The molecular weight excluding hydrogens is 570 g/mol. The van der Waals surface area contributed by atoms with Crippen LogP contribution in [-0.2, 0) is 37.3 Å². The lowest BCUT2D eigenvalue weighted by molar-refractivity contribution is -0.143. The maximum absolute atomic E-state index is 13.5. The van der Waals surface area contributed by atoms with Crippen molar-refractivity contribution in [1.29, 1.82) is 0 Å². The van der Waals surface area contributed by atoms with Crippen molar-refractivity contribution in [2.24, 2.45) is 5.92 Å². The maximum Gasteiger partial charge on any atom is 0.407 e. The number of carbonyl (C=O) groups is 2. The van der Waals surface area contributed by atoms with Crippen LogP contribution in [0.2, 0.25) is 0 Å². The molecule has 1 amide bonds. The molecule has 0 aliphatic rings. The summed E-state index contributed by atoms with van der Waals surface area (Å²) in [5, 5.41) is 2.36. The number of aryl methyl sites for hydroxylation is 1. The first kappa shape index (κ1) is 31.6. The number of aromatic nitrogens is 3. The Morgan fingerprint density at radius 1 is 1.00 bits per heavy atom. The molecule has 228 valence electrons. The molecule has 0 fully saturated rings. The van der Waals surface area contributed by atoms with Crippen LogP contribution in [0.4, 0.5) is 4.79 Å². The third-order valence-corrected chi connectivity index (χ3v) is 8.78. The number of alkyl carbamates (subject to hydrolysis) is 1. The summed E-state index contributed by atoms with van der Waals surface area (Å²) in [6.07, 6.45) is 1.93. The van der Waals surface area contributed by atoms with Gasteiger partial charge in [-0.3, -0.25) is 9.78 Å². The molecule has 0 saturated carbocycles. The Hall–Kier alpha value is -4.29. The van der Waals surface area contributed by atoms with Gasteiger partial charge < -0.3 is 19.8 Å². The number of esters is 1. The molecule has 0 aliphatic heterocycles. The second kappa shape index (κ2) is 14.3. The summed E-state index contributed by atoms with van der Waals surface area (Å²) in [4.78, 5) is 36.6. The third-order valence-electron chi connectivity index (χ3n) is 6.85. The number of sulfonamides is 1. The minimum absolute atomic E-state index is 0.0681. The average molecular weight is 608 g/mol. The monoisotopic (exact) mass is 607 g/mol. The Balaban J connectivity index is 1.34. The molecule has 4 rings (SSSR count). The fraction of sp³-hybridized carbons (Fsp3) is 0.355. The van der Waals surface area contributed by atoms with Gasteiger partial charge in [0.25, 0.3) is 0 Å². The van der Waals surface area contributed by atoms with E-state index in [1.165, 1.54) is 11.4 Å². The largest absolute Gasteiger partial charge is 0.463 e. The van der Waals surface area contributed by atoms with E-state index < -0.39 is 34.7 Å². The van der Waals surface area contributed by atoms with Crippen LogP contribution >= 0.6 is 0 Å². The molecule has 0 saturated heterocycles. The summed E-state index contributed by atoms with van der Waals surface area (Å²) in [5.74, 6) is 0.236. The molecule has 2 aromatic heterocycles. The van der Waals surface area contributed by atoms with E-state index in [2.05, 4.69) is 20.3 Å². The number of H-pyrrole nitrogens is 1. The van der Waals surface area contributed by atoms with Crippen LogP contribution in [-0.4, -0.2) is 66.0 Å². The van der Waals surface area contributed by atoms with Gasteiger partial charge in [-0.2, -0.15) is 4.31 Å². The Kier molecular flexibility index (Phi) is 10.5. The van der Waals surface area contributed by atoms with Crippen LogP contribution in [0.5, 0.6) is 0 Å². The van der Waals surface area contributed by atoms with Gasteiger partial charge in [0, 0.05) is 19.7 Å². The van der Waals surface area contributed by atoms with Gasteiger partial charge >= 0.3 is 12.1 Å². The van der Waals surface area contributed by atoms with Gasteiger partial charge in [-0.15, -0.1) is 0 Å². The van der Waals surface area contributed by atoms with Gasteiger partial charge in [-0.05, 0) is 48.6 Å². The zero-order chi connectivity index (χ0) is 31.0. The van der Waals surface area contributed by atoms with Crippen LogP contribution in [0.15, 0.2) is 71.8 Å². The first-order valence-electron chi connectivity index (χ1n) is 14.0. The predicted octanol–water partition coefficient (Wildman–Crippen LogP) is 4.36. The van der Waals surface area contributed by atoms with Crippen molar-refractivity contribution < 1.29 is 27.5 Å². The van der Waals surface area contributed by atoms with Crippen LogP contribution in [0.25, 0.3) is 11.0 Å². The van der Waals surface area contributed by atoms with Crippen molar-refractivity contribution in [2.75, 3.05) is 20.2 Å². The van der Waals surface area contributed by atoms with E-state index in [-0.39, 0.29) is 24.0 Å². The number of nitrogens with one attached hydrogen (secondary N) is 2. The number of amides is 1. The van der Waals surface area contributed by atoms with E-state index in [1.54, 1.807) is 30.5 Å². The lowest BCUT2D eigenvalue weighted by Crippen LogP contribution is -2.42. The number of carbonyl (C=O) groups excluding carboxylic acids is 2. The summed E-state index contributed by atoms with van der Waals surface area (Å²) < 4.78 is 38.8. The van der Waals surface area contributed by atoms with E-state index in [1.807, 2.05) is 57.2 Å². The molecule has 43 heavy (non-hydrogen) atoms. The first-order valence-corrected chi connectivity index (χ1v) is 15.4. The topological polar surface area (TPSA) is 144 Å². The number of hydrogen-bond donors (Lipinski definition) is 2. The highest BCUT2D eigenvalue weighted by atomic mass is 32.2.